The number of Topliss-reactive ketones (excluding diaryl/α,β-unsaturated/α-hetero) is 1. The largest absolute Gasteiger partial charge is 0.478 e. The molecule has 0 aromatic carbocycles. The number of carboxylic acid groups (broad SMARTS) is 1. The van der Waals surface area contributed by atoms with Gasteiger partial charge in [-0.05, 0) is 6.07 Å². The Kier molecular flexibility index (Phi) is 3.38. The molecule has 0 saturated carbocycles. The Bertz CT molecular complexity index is 447. The number of carbonyl (C=O) groups excluding carboxylic acids is 1. The molecule has 0 fully saturated rings. The summed E-state index contributed by atoms with van der Waals surface area (Å²) in [6.45, 7) is 1.70. The van der Waals surface area contributed by atoms with E-state index in [1.165, 1.54) is 16.8 Å². The first-order valence-corrected chi connectivity index (χ1v) is 4.50. The lowest BCUT2D eigenvalue weighted by Crippen LogP contribution is -2.23. The third-order valence-electron chi connectivity index (χ3n) is 1.98. The Morgan fingerprint density at radius 3 is 2.60 bits per heavy atom. The molecule has 0 bridgehead atoms. The van der Waals surface area contributed by atoms with Crippen LogP contribution in [0, 0.1) is 0 Å². The lowest BCUT2D eigenvalue weighted by molar-refractivity contribution is -0.119. The number of ketones is 1. The molecule has 5 nitrogen and oxygen atoms in total. The summed E-state index contributed by atoms with van der Waals surface area (Å²) in [6.07, 6.45) is 1.67. The summed E-state index contributed by atoms with van der Waals surface area (Å²) in [5.41, 5.74) is -0.545. The number of hydrogen-bond acceptors (Lipinski definition) is 3. The summed E-state index contributed by atoms with van der Waals surface area (Å²) in [5.74, 6) is -1.22. The van der Waals surface area contributed by atoms with Crippen LogP contribution in [0.2, 0.25) is 0 Å². The zero-order valence-corrected chi connectivity index (χ0v) is 8.27. The van der Waals surface area contributed by atoms with Crippen molar-refractivity contribution >= 4 is 11.8 Å². The van der Waals surface area contributed by atoms with Gasteiger partial charge in [-0.15, -0.1) is 0 Å². The van der Waals surface area contributed by atoms with Crippen molar-refractivity contribution < 1.29 is 14.7 Å². The van der Waals surface area contributed by atoms with E-state index < -0.39 is 11.5 Å². The molecule has 0 aliphatic rings. The molecule has 1 heterocycles. The van der Waals surface area contributed by atoms with Crippen molar-refractivity contribution in [2.24, 2.45) is 0 Å². The Balaban J connectivity index is 2.99. The molecule has 15 heavy (non-hydrogen) atoms. The fourth-order valence-electron chi connectivity index (χ4n) is 1.07. The number of carboxylic acids is 1. The molecule has 0 aliphatic heterocycles. The molecule has 80 valence electrons. The summed E-state index contributed by atoms with van der Waals surface area (Å²) >= 11 is 0. The molecule has 5 heteroatoms. The first-order valence-electron chi connectivity index (χ1n) is 4.50. The van der Waals surface area contributed by atoms with E-state index in [9.17, 15) is 14.4 Å². The normalized spacial score (nSPS) is 9.93. The molecule has 0 saturated heterocycles. The molecule has 1 aromatic rings. The van der Waals surface area contributed by atoms with E-state index in [1.807, 2.05) is 0 Å². The molecule has 0 atom stereocenters. The summed E-state index contributed by atoms with van der Waals surface area (Å²) in [6, 6.07) is 2.30. The van der Waals surface area contributed by atoms with Crippen molar-refractivity contribution in [3.63, 3.8) is 0 Å². The van der Waals surface area contributed by atoms with Crippen LogP contribution < -0.4 is 5.56 Å². The fourth-order valence-corrected chi connectivity index (χ4v) is 1.07. The average Bonchev–Trinajstić information content (AvgIpc) is 2.20. The van der Waals surface area contributed by atoms with Crippen LogP contribution in [0.15, 0.2) is 23.1 Å². The maximum absolute atomic E-state index is 11.3. The van der Waals surface area contributed by atoms with E-state index in [0.717, 1.165) is 6.07 Å². The standard InChI is InChI=1S/C10H11NO4/c1-2-8(12)6-11-4-3-7(10(14)15)5-9(11)13/h3-5H,2,6H2,1H3,(H,14,15). The van der Waals surface area contributed by atoms with Gasteiger partial charge in [-0.1, -0.05) is 6.92 Å². The van der Waals surface area contributed by atoms with Crippen LogP contribution >= 0.6 is 0 Å². The van der Waals surface area contributed by atoms with Crippen LogP contribution in [0.3, 0.4) is 0 Å². The van der Waals surface area contributed by atoms with Crippen molar-refractivity contribution in [1.29, 1.82) is 0 Å². The molecule has 0 spiro atoms. The van der Waals surface area contributed by atoms with E-state index >= 15 is 0 Å². The van der Waals surface area contributed by atoms with E-state index in [1.54, 1.807) is 6.92 Å². The molecule has 0 radical (unpaired) electrons. The van der Waals surface area contributed by atoms with Crippen molar-refractivity contribution in [3.05, 3.63) is 34.2 Å². The highest BCUT2D eigenvalue weighted by atomic mass is 16.4. The van der Waals surface area contributed by atoms with Gasteiger partial charge in [0.15, 0.2) is 5.78 Å². The van der Waals surface area contributed by atoms with Gasteiger partial charge >= 0.3 is 5.97 Å². The van der Waals surface area contributed by atoms with Gasteiger partial charge in [0, 0.05) is 18.7 Å². The van der Waals surface area contributed by atoms with Gasteiger partial charge in [-0.3, -0.25) is 9.59 Å². The lowest BCUT2D eigenvalue weighted by Gasteiger charge is -2.03. The van der Waals surface area contributed by atoms with Crippen LogP contribution in [0.4, 0.5) is 0 Å². The number of rotatable bonds is 4. The Labute approximate surface area is 86.0 Å². The van der Waals surface area contributed by atoms with Gasteiger partial charge in [0.25, 0.3) is 5.56 Å². The zero-order valence-electron chi connectivity index (χ0n) is 8.27. The smallest absolute Gasteiger partial charge is 0.335 e. The summed E-state index contributed by atoms with van der Waals surface area (Å²) in [4.78, 5) is 32.9. The summed E-state index contributed by atoms with van der Waals surface area (Å²) in [7, 11) is 0. The minimum Gasteiger partial charge on any atom is -0.478 e. The van der Waals surface area contributed by atoms with Gasteiger partial charge in [-0.2, -0.15) is 0 Å². The first kappa shape index (κ1) is 11.2. The Hall–Kier alpha value is -1.91. The van der Waals surface area contributed by atoms with Gasteiger partial charge in [0.1, 0.15) is 0 Å². The molecule has 1 rings (SSSR count). The molecular weight excluding hydrogens is 198 g/mol. The van der Waals surface area contributed by atoms with E-state index in [2.05, 4.69) is 0 Å². The predicted molar refractivity (Wildman–Crippen MR) is 53.0 cm³/mol. The summed E-state index contributed by atoms with van der Waals surface area (Å²) in [5, 5.41) is 8.61. The number of hydrogen-bond donors (Lipinski definition) is 1. The fraction of sp³-hybridized carbons (Fsp3) is 0.300. The molecule has 1 aromatic heterocycles. The second-order valence-electron chi connectivity index (χ2n) is 3.08. The van der Waals surface area contributed by atoms with Crippen LogP contribution in [-0.4, -0.2) is 21.4 Å². The van der Waals surface area contributed by atoms with Crippen LogP contribution in [0.5, 0.6) is 0 Å². The topological polar surface area (TPSA) is 76.4 Å². The molecule has 0 amide bonds. The quantitative estimate of drug-likeness (QED) is 0.784. The summed E-state index contributed by atoms with van der Waals surface area (Å²) < 4.78 is 1.19. The number of aromatic carboxylic acids is 1. The highest BCUT2D eigenvalue weighted by Gasteiger charge is 2.06. The minimum absolute atomic E-state index is 0.00473. The van der Waals surface area contributed by atoms with Gasteiger partial charge in [0.2, 0.25) is 0 Å². The van der Waals surface area contributed by atoms with Gasteiger partial charge < -0.3 is 9.67 Å². The predicted octanol–water partition coefficient (Wildman–Crippen LogP) is 0.526. The molecule has 0 aliphatic carbocycles. The average molecular weight is 209 g/mol. The minimum atomic E-state index is -1.15. The van der Waals surface area contributed by atoms with Crippen molar-refractivity contribution in [1.82, 2.24) is 4.57 Å². The first-order chi connectivity index (χ1) is 7.04. The number of pyridine rings is 1. The van der Waals surface area contributed by atoms with E-state index in [0.29, 0.717) is 6.42 Å². The van der Waals surface area contributed by atoms with Gasteiger partial charge in [-0.25, -0.2) is 4.79 Å². The molecule has 1 N–H and O–H groups in total. The monoisotopic (exact) mass is 209 g/mol. The van der Waals surface area contributed by atoms with Crippen LogP contribution in [0.25, 0.3) is 0 Å². The third kappa shape index (κ3) is 2.77. The highest BCUT2D eigenvalue weighted by molar-refractivity contribution is 5.87. The van der Waals surface area contributed by atoms with Crippen molar-refractivity contribution in [2.45, 2.75) is 19.9 Å². The van der Waals surface area contributed by atoms with Crippen LogP contribution in [-0.2, 0) is 11.3 Å². The van der Waals surface area contributed by atoms with Gasteiger partial charge in [0.05, 0.1) is 12.1 Å². The Morgan fingerprint density at radius 2 is 2.13 bits per heavy atom. The SMILES string of the molecule is CCC(=O)Cn1ccc(C(=O)O)cc1=O. The maximum Gasteiger partial charge on any atom is 0.335 e. The second kappa shape index (κ2) is 4.54. The van der Waals surface area contributed by atoms with Crippen molar-refractivity contribution in [2.75, 3.05) is 0 Å². The molecular formula is C10H11NO4. The van der Waals surface area contributed by atoms with Crippen molar-refractivity contribution in [3.8, 4) is 0 Å². The second-order valence-corrected chi connectivity index (χ2v) is 3.08. The number of nitrogens with zero attached hydrogens (tertiary/aromatic N) is 1. The number of aromatic nitrogens is 1. The number of carbonyl (C=O) groups is 2. The third-order valence-corrected chi connectivity index (χ3v) is 1.98. The lowest BCUT2D eigenvalue weighted by atomic mass is 10.2. The molecule has 0 unspecified atom stereocenters. The van der Waals surface area contributed by atoms with Crippen LogP contribution in [0.1, 0.15) is 23.7 Å². The maximum atomic E-state index is 11.3. The zero-order chi connectivity index (χ0) is 11.4. The van der Waals surface area contributed by atoms with E-state index in [-0.39, 0.29) is 17.9 Å². The Morgan fingerprint density at radius 1 is 1.47 bits per heavy atom. The van der Waals surface area contributed by atoms with E-state index in [4.69, 9.17) is 5.11 Å². The highest BCUT2D eigenvalue weighted by Crippen LogP contribution is 1.95.